The summed E-state index contributed by atoms with van der Waals surface area (Å²) in [4.78, 5) is 12.7. The minimum Gasteiger partial charge on any atom is -0.326 e. The van der Waals surface area contributed by atoms with Crippen molar-refractivity contribution < 1.29 is 13.2 Å². The SMILES string of the molecule is CC(C)c1ccc(NC(=O)C2CNNC2S(=O)(=O)Nc2ccccc2)cc1. The molecule has 0 bridgehead atoms. The van der Waals surface area contributed by atoms with Gasteiger partial charge in [-0.2, -0.15) is 0 Å². The molecule has 0 aromatic heterocycles. The second-order valence-electron chi connectivity index (χ2n) is 6.83. The number of nitrogens with one attached hydrogen (secondary N) is 4. The predicted octanol–water partition coefficient (Wildman–Crippen LogP) is 2.24. The monoisotopic (exact) mass is 388 g/mol. The first-order valence-electron chi connectivity index (χ1n) is 8.83. The fourth-order valence-electron chi connectivity index (χ4n) is 2.92. The Labute approximate surface area is 159 Å². The number of sulfonamides is 1. The first-order chi connectivity index (χ1) is 12.9. The molecule has 144 valence electrons. The molecule has 0 saturated carbocycles. The highest BCUT2D eigenvalue weighted by atomic mass is 32.2. The summed E-state index contributed by atoms with van der Waals surface area (Å²) in [6.07, 6.45) is 0. The van der Waals surface area contributed by atoms with E-state index in [2.05, 4.69) is 34.7 Å². The summed E-state index contributed by atoms with van der Waals surface area (Å²) in [5.41, 5.74) is 7.74. The molecular formula is C19H24N4O3S. The van der Waals surface area contributed by atoms with Crippen molar-refractivity contribution in [3.63, 3.8) is 0 Å². The quantitative estimate of drug-likeness (QED) is 0.608. The maximum Gasteiger partial charge on any atom is 0.250 e. The van der Waals surface area contributed by atoms with Crippen molar-refractivity contribution in [2.45, 2.75) is 25.1 Å². The van der Waals surface area contributed by atoms with Crippen LogP contribution in [0.1, 0.15) is 25.3 Å². The number of benzene rings is 2. The standard InChI is InChI=1S/C19H24N4O3S/c1-13(2)14-8-10-15(11-9-14)21-18(24)17-12-20-22-19(17)27(25,26)23-16-6-4-3-5-7-16/h3-11,13,17,19-20,22-23H,12H2,1-2H3,(H,21,24). The second kappa shape index (κ2) is 8.08. The van der Waals surface area contributed by atoms with E-state index in [0.29, 0.717) is 17.3 Å². The normalized spacial score (nSPS) is 19.8. The Bertz CT molecular complexity index is 883. The van der Waals surface area contributed by atoms with E-state index in [1.54, 1.807) is 30.3 Å². The molecule has 1 aliphatic heterocycles. The van der Waals surface area contributed by atoms with Gasteiger partial charge >= 0.3 is 0 Å². The first kappa shape index (κ1) is 19.3. The van der Waals surface area contributed by atoms with Crippen LogP contribution in [-0.4, -0.2) is 26.2 Å². The molecule has 0 radical (unpaired) electrons. The Morgan fingerprint density at radius 1 is 1.04 bits per heavy atom. The smallest absolute Gasteiger partial charge is 0.250 e. The van der Waals surface area contributed by atoms with Gasteiger partial charge < -0.3 is 5.32 Å². The first-order valence-corrected chi connectivity index (χ1v) is 10.4. The Hall–Kier alpha value is -2.42. The third-order valence-electron chi connectivity index (χ3n) is 4.48. The zero-order valence-electron chi connectivity index (χ0n) is 15.3. The summed E-state index contributed by atoms with van der Waals surface area (Å²) in [7, 11) is -3.80. The maximum absolute atomic E-state index is 12.7. The minimum atomic E-state index is -3.80. The zero-order valence-corrected chi connectivity index (χ0v) is 16.1. The lowest BCUT2D eigenvalue weighted by Gasteiger charge is -2.19. The van der Waals surface area contributed by atoms with Crippen molar-refractivity contribution in [3.8, 4) is 0 Å². The zero-order chi connectivity index (χ0) is 19.4. The van der Waals surface area contributed by atoms with Crippen LogP contribution in [-0.2, 0) is 14.8 Å². The summed E-state index contributed by atoms with van der Waals surface area (Å²) < 4.78 is 27.9. The van der Waals surface area contributed by atoms with Gasteiger partial charge in [0.1, 0.15) is 0 Å². The van der Waals surface area contributed by atoms with Crippen LogP contribution >= 0.6 is 0 Å². The average molecular weight is 388 g/mol. The molecule has 2 atom stereocenters. The number of carbonyl (C=O) groups is 1. The summed E-state index contributed by atoms with van der Waals surface area (Å²) >= 11 is 0. The summed E-state index contributed by atoms with van der Waals surface area (Å²) in [5.74, 6) is -0.721. The van der Waals surface area contributed by atoms with Gasteiger partial charge in [0, 0.05) is 17.9 Å². The molecule has 7 nitrogen and oxygen atoms in total. The molecule has 1 fully saturated rings. The van der Waals surface area contributed by atoms with Gasteiger partial charge in [-0.05, 0) is 35.7 Å². The fraction of sp³-hybridized carbons (Fsp3) is 0.316. The number of hydrogen-bond donors (Lipinski definition) is 4. The highest BCUT2D eigenvalue weighted by Crippen LogP contribution is 2.21. The van der Waals surface area contributed by atoms with Gasteiger partial charge in [0.05, 0.1) is 5.92 Å². The van der Waals surface area contributed by atoms with Crippen LogP contribution in [0.5, 0.6) is 0 Å². The van der Waals surface area contributed by atoms with Crippen LogP contribution in [0, 0.1) is 5.92 Å². The number of hydrazine groups is 1. The van der Waals surface area contributed by atoms with Crippen molar-refractivity contribution in [2.24, 2.45) is 5.92 Å². The van der Waals surface area contributed by atoms with Gasteiger partial charge in [-0.1, -0.05) is 44.2 Å². The van der Waals surface area contributed by atoms with Gasteiger partial charge in [0.2, 0.25) is 5.91 Å². The number of rotatable bonds is 6. The molecule has 27 heavy (non-hydrogen) atoms. The Morgan fingerprint density at radius 3 is 2.33 bits per heavy atom. The molecule has 1 aliphatic rings. The van der Waals surface area contributed by atoms with Crippen LogP contribution < -0.4 is 20.9 Å². The van der Waals surface area contributed by atoms with E-state index in [4.69, 9.17) is 0 Å². The van der Waals surface area contributed by atoms with Gasteiger partial charge in [-0.25, -0.2) is 13.8 Å². The molecule has 4 N–H and O–H groups in total. The van der Waals surface area contributed by atoms with Crippen molar-refractivity contribution in [2.75, 3.05) is 16.6 Å². The number of hydrogen-bond acceptors (Lipinski definition) is 5. The lowest BCUT2D eigenvalue weighted by Crippen LogP contribution is -2.45. The number of carbonyl (C=O) groups excluding carboxylic acids is 1. The molecule has 1 heterocycles. The molecule has 2 aromatic rings. The Balaban J connectivity index is 1.70. The van der Waals surface area contributed by atoms with E-state index in [1.165, 1.54) is 5.56 Å². The van der Waals surface area contributed by atoms with Crippen molar-refractivity contribution >= 4 is 27.3 Å². The molecule has 1 amide bonds. The fourth-order valence-corrected chi connectivity index (χ4v) is 4.40. The third kappa shape index (κ3) is 4.65. The highest BCUT2D eigenvalue weighted by Gasteiger charge is 2.41. The van der Waals surface area contributed by atoms with E-state index in [1.807, 2.05) is 24.3 Å². The molecule has 3 rings (SSSR count). The summed E-state index contributed by atoms with van der Waals surface area (Å²) in [6.45, 7) is 4.41. The molecule has 2 unspecified atom stereocenters. The van der Waals surface area contributed by atoms with E-state index in [0.717, 1.165) is 0 Å². The largest absolute Gasteiger partial charge is 0.326 e. The maximum atomic E-state index is 12.7. The van der Waals surface area contributed by atoms with Gasteiger partial charge in [-0.15, -0.1) is 0 Å². The molecular weight excluding hydrogens is 364 g/mol. The van der Waals surface area contributed by atoms with Crippen LogP contribution in [0.3, 0.4) is 0 Å². The molecule has 0 spiro atoms. The van der Waals surface area contributed by atoms with Crippen LogP contribution in [0.25, 0.3) is 0 Å². The number of anilines is 2. The Kier molecular flexibility index (Phi) is 5.79. The molecule has 8 heteroatoms. The Morgan fingerprint density at radius 2 is 1.70 bits per heavy atom. The van der Waals surface area contributed by atoms with Crippen molar-refractivity contribution in [3.05, 3.63) is 60.2 Å². The van der Waals surface area contributed by atoms with Gasteiger partial charge in [0.15, 0.2) is 5.37 Å². The minimum absolute atomic E-state index is 0.219. The van der Waals surface area contributed by atoms with E-state index in [9.17, 15) is 13.2 Å². The molecule has 0 aliphatic carbocycles. The number of amides is 1. The summed E-state index contributed by atoms with van der Waals surface area (Å²) in [6, 6.07) is 16.2. The number of para-hydroxylation sites is 1. The third-order valence-corrected chi connectivity index (χ3v) is 6.12. The predicted molar refractivity (Wildman–Crippen MR) is 107 cm³/mol. The van der Waals surface area contributed by atoms with Gasteiger partial charge in [-0.3, -0.25) is 14.9 Å². The lowest BCUT2D eigenvalue weighted by atomic mass is 10.0. The molecule has 1 saturated heterocycles. The van der Waals surface area contributed by atoms with E-state index in [-0.39, 0.29) is 12.5 Å². The van der Waals surface area contributed by atoms with Crippen molar-refractivity contribution in [1.82, 2.24) is 10.9 Å². The average Bonchev–Trinajstić information content (AvgIpc) is 3.14. The van der Waals surface area contributed by atoms with E-state index < -0.39 is 21.3 Å². The van der Waals surface area contributed by atoms with Gasteiger partial charge in [0.25, 0.3) is 10.0 Å². The summed E-state index contributed by atoms with van der Waals surface area (Å²) in [5, 5.41) is 1.73. The highest BCUT2D eigenvalue weighted by molar-refractivity contribution is 7.93. The lowest BCUT2D eigenvalue weighted by molar-refractivity contribution is -0.119. The van der Waals surface area contributed by atoms with E-state index >= 15 is 0 Å². The topological polar surface area (TPSA) is 99.3 Å². The van der Waals surface area contributed by atoms with Crippen LogP contribution in [0.15, 0.2) is 54.6 Å². The van der Waals surface area contributed by atoms with Crippen molar-refractivity contribution in [1.29, 1.82) is 0 Å². The van der Waals surface area contributed by atoms with Crippen LogP contribution in [0.4, 0.5) is 11.4 Å². The van der Waals surface area contributed by atoms with Crippen LogP contribution in [0.2, 0.25) is 0 Å². The molecule has 2 aromatic carbocycles. The second-order valence-corrected chi connectivity index (χ2v) is 8.63.